The zero-order valence-corrected chi connectivity index (χ0v) is 22.4. The van der Waals surface area contributed by atoms with Crippen molar-refractivity contribution < 1.29 is 14.0 Å². The molecule has 192 valence electrons. The maximum Gasteiger partial charge on any atom is 0.322 e. The van der Waals surface area contributed by atoms with Gasteiger partial charge in [0.2, 0.25) is 5.91 Å². The summed E-state index contributed by atoms with van der Waals surface area (Å²) in [6.45, 7) is 10.0. The van der Waals surface area contributed by atoms with E-state index in [9.17, 15) is 14.0 Å². The molecule has 0 unspecified atom stereocenters. The lowest BCUT2D eigenvalue weighted by atomic mass is 9.92. The molecule has 0 aliphatic heterocycles. The number of carbonyl (C=O) groups is 2. The second-order valence-corrected chi connectivity index (χ2v) is 10.8. The number of aromatic nitrogens is 2. The SMILES string of the molecule is CC(C)CN(CC(=O)Nc1cc(C(C)(C)C)nn1-c1ccc(Cl)c(Cl)c1)C(=O)Nc1cccc(F)c1. The average molecular weight is 534 g/mol. The third-order valence-corrected chi connectivity index (χ3v) is 5.92. The molecule has 0 atom stereocenters. The van der Waals surface area contributed by atoms with Crippen LogP contribution in [0.5, 0.6) is 0 Å². The molecule has 7 nitrogen and oxygen atoms in total. The van der Waals surface area contributed by atoms with Crippen molar-refractivity contribution in [2.24, 2.45) is 5.92 Å². The van der Waals surface area contributed by atoms with E-state index in [1.807, 2.05) is 34.6 Å². The summed E-state index contributed by atoms with van der Waals surface area (Å²) in [6, 6.07) is 12.0. The smallest absolute Gasteiger partial charge is 0.315 e. The number of urea groups is 1. The Morgan fingerprint density at radius 2 is 1.78 bits per heavy atom. The Hall–Kier alpha value is -3.10. The van der Waals surface area contributed by atoms with Crippen LogP contribution >= 0.6 is 23.2 Å². The monoisotopic (exact) mass is 533 g/mol. The van der Waals surface area contributed by atoms with Gasteiger partial charge in [-0.3, -0.25) is 4.79 Å². The zero-order chi connectivity index (χ0) is 26.6. The van der Waals surface area contributed by atoms with Crippen LogP contribution in [0.2, 0.25) is 10.0 Å². The molecule has 0 spiro atoms. The molecule has 2 aromatic carbocycles. The number of rotatable bonds is 7. The minimum atomic E-state index is -0.502. The highest BCUT2D eigenvalue weighted by atomic mass is 35.5. The van der Waals surface area contributed by atoms with Gasteiger partial charge >= 0.3 is 6.03 Å². The molecule has 1 heterocycles. The number of hydrogen-bond acceptors (Lipinski definition) is 3. The lowest BCUT2D eigenvalue weighted by molar-refractivity contribution is -0.116. The summed E-state index contributed by atoms with van der Waals surface area (Å²) < 4.78 is 15.1. The number of nitrogens with one attached hydrogen (secondary N) is 2. The van der Waals surface area contributed by atoms with Crippen molar-refractivity contribution in [1.82, 2.24) is 14.7 Å². The maximum absolute atomic E-state index is 13.5. The van der Waals surface area contributed by atoms with E-state index in [1.165, 1.54) is 23.1 Å². The van der Waals surface area contributed by atoms with E-state index in [1.54, 1.807) is 35.0 Å². The minimum Gasteiger partial charge on any atom is -0.315 e. The van der Waals surface area contributed by atoms with Crippen molar-refractivity contribution in [2.75, 3.05) is 23.7 Å². The summed E-state index contributed by atoms with van der Waals surface area (Å²) >= 11 is 12.3. The third-order valence-electron chi connectivity index (χ3n) is 5.18. The van der Waals surface area contributed by atoms with Gasteiger partial charge in [-0.05, 0) is 42.3 Å². The fraction of sp³-hybridized carbons (Fsp3) is 0.346. The molecule has 10 heteroatoms. The number of hydrogen-bond donors (Lipinski definition) is 2. The molecule has 2 N–H and O–H groups in total. The van der Waals surface area contributed by atoms with Crippen LogP contribution in [0.3, 0.4) is 0 Å². The quantitative estimate of drug-likeness (QED) is 0.352. The second-order valence-electron chi connectivity index (χ2n) is 9.94. The summed E-state index contributed by atoms with van der Waals surface area (Å²) in [7, 11) is 0. The van der Waals surface area contributed by atoms with Gasteiger partial charge in [-0.15, -0.1) is 0 Å². The van der Waals surface area contributed by atoms with Crippen molar-refractivity contribution >= 4 is 46.6 Å². The van der Waals surface area contributed by atoms with Crippen molar-refractivity contribution in [1.29, 1.82) is 0 Å². The average Bonchev–Trinajstić information content (AvgIpc) is 3.19. The molecule has 0 radical (unpaired) electrons. The molecule has 1 aromatic heterocycles. The maximum atomic E-state index is 13.5. The van der Waals surface area contributed by atoms with Gasteiger partial charge in [-0.25, -0.2) is 13.9 Å². The molecule has 0 aliphatic carbocycles. The van der Waals surface area contributed by atoms with Crippen LogP contribution in [-0.2, 0) is 10.2 Å². The van der Waals surface area contributed by atoms with E-state index in [0.717, 1.165) is 5.69 Å². The van der Waals surface area contributed by atoms with Crippen LogP contribution < -0.4 is 10.6 Å². The molecule has 3 rings (SSSR count). The van der Waals surface area contributed by atoms with Crippen LogP contribution in [0.25, 0.3) is 5.69 Å². The summed E-state index contributed by atoms with van der Waals surface area (Å²) in [5.41, 5.74) is 1.40. The predicted molar refractivity (Wildman–Crippen MR) is 143 cm³/mol. The van der Waals surface area contributed by atoms with E-state index >= 15 is 0 Å². The Morgan fingerprint density at radius 1 is 1.06 bits per heavy atom. The Balaban J connectivity index is 1.84. The van der Waals surface area contributed by atoms with Gasteiger partial charge in [0.25, 0.3) is 0 Å². The van der Waals surface area contributed by atoms with Gasteiger partial charge in [0.05, 0.1) is 21.4 Å². The standard InChI is InChI=1S/C26H30Cl2FN5O2/c1-16(2)14-33(25(36)30-18-8-6-7-17(29)11-18)15-24(35)31-23-13-22(26(3,4)5)32-34(23)19-9-10-20(27)21(28)12-19/h6-13,16H,14-15H2,1-5H3,(H,30,36)(H,31,35). The van der Waals surface area contributed by atoms with Gasteiger partial charge in [0.1, 0.15) is 18.2 Å². The molecule has 0 bridgehead atoms. The zero-order valence-electron chi connectivity index (χ0n) is 20.9. The first-order valence-electron chi connectivity index (χ1n) is 11.5. The highest BCUT2D eigenvalue weighted by Gasteiger charge is 2.24. The third kappa shape index (κ3) is 7.21. The van der Waals surface area contributed by atoms with Crippen LogP contribution in [0.1, 0.15) is 40.3 Å². The van der Waals surface area contributed by atoms with Crippen LogP contribution in [0.4, 0.5) is 20.7 Å². The predicted octanol–water partition coefficient (Wildman–Crippen LogP) is 6.74. The number of nitrogens with zero attached hydrogens (tertiary/aromatic N) is 3. The molecule has 0 saturated heterocycles. The van der Waals surface area contributed by atoms with Crippen molar-refractivity contribution in [2.45, 2.75) is 40.0 Å². The lowest BCUT2D eigenvalue weighted by Gasteiger charge is -2.24. The number of benzene rings is 2. The van der Waals surface area contributed by atoms with E-state index in [-0.39, 0.29) is 17.9 Å². The number of carbonyl (C=O) groups excluding carboxylic acids is 2. The first-order chi connectivity index (χ1) is 16.8. The molecular weight excluding hydrogens is 504 g/mol. The summed E-state index contributed by atoms with van der Waals surface area (Å²) in [5, 5.41) is 11.0. The Kier molecular flexibility index (Phi) is 8.63. The highest BCUT2D eigenvalue weighted by Crippen LogP contribution is 2.29. The van der Waals surface area contributed by atoms with E-state index in [4.69, 9.17) is 23.2 Å². The highest BCUT2D eigenvalue weighted by molar-refractivity contribution is 6.42. The molecule has 3 aromatic rings. The summed E-state index contributed by atoms with van der Waals surface area (Å²) in [6.07, 6.45) is 0. The molecule has 0 aliphatic rings. The Bertz CT molecular complexity index is 1250. The molecular formula is C26H30Cl2FN5O2. The summed E-state index contributed by atoms with van der Waals surface area (Å²) in [5.74, 6) is -0.346. The molecule has 36 heavy (non-hydrogen) atoms. The summed E-state index contributed by atoms with van der Waals surface area (Å²) in [4.78, 5) is 27.4. The lowest BCUT2D eigenvalue weighted by Crippen LogP contribution is -2.42. The first kappa shape index (κ1) is 27.5. The normalized spacial score (nSPS) is 11.5. The topological polar surface area (TPSA) is 79.3 Å². The van der Waals surface area contributed by atoms with E-state index in [0.29, 0.717) is 33.8 Å². The molecule has 0 saturated carbocycles. The number of halogens is 3. The van der Waals surface area contributed by atoms with E-state index in [2.05, 4.69) is 15.7 Å². The van der Waals surface area contributed by atoms with Gasteiger partial charge < -0.3 is 15.5 Å². The van der Waals surface area contributed by atoms with Gasteiger partial charge in [-0.1, -0.05) is 63.9 Å². The van der Waals surface area contributed by atoms with Gasteiger partial charge in [0, 0.05) is 23.7 Å². The number of amides is 3. The largest absolute Gasteiger partial charge is 0.322 e. The van der Waals surface area contributed by atoms with Gasteiger partial charge in [-0.2, -0.15) is 5.10 Å². The minimum absolute atomic E-state index is 0.102. The van der Waals surface area contributed by atoms with Crippen LogP contribution in [-0.4, -0.2) is 39.7 Å². The first-order valence-corrected chi connectivity index (χ1v) is 12.3. The Morgan fingerprint density at radius 3 is 2.39 bits per heavy atom. The van der Waals surface area contributed by atoms with E-state index < -0.39 is 17.8 Å². The van der Waals surface area contributed by atoms with Crippen LogP contribution in [0.15, 0.2) is 48.5 Å². The Labute approximate surface area is 220 Å². The second kappa shape index (κ2) is 11.3. The number of anilines is 2. The molecule has 3 amide bonds. The fourth-order valence-electron chi connectivity index (χ4n) is 3.43. The molecule has 0 fully saturated rings. The van der Waals surface area contributed by atoms with Crippen molar-refractivity contribution in [3.8, 4) is 5.69 Å². The van der Waals surface area contributed by atoms with Crippen LogP contribution in [0, 0.1) is 11.7 Å². The van der Waals surface area contributed by atoms with Gasteiger partial charge in [0.15, 0.2) is 0 Å². The van der Waals surface area contributed by atoms with Crippen molar-refractivity contribution in [3.05, 3.63) is 70.1 Å². The fourth-order valence-corrected chi connectivity index (χ4v) is 3.73. The van der Waals surface area contributed by atoms with Crippen molar-refractivity contribution in [3.63, 3.8) is 0 Å².